The van der Waals surface area contributed by atoms with Crippen LogP contribution in [0.4, 0.5) is 9.18 Å². The molecule has 1 saturated heterocycles. The molecule has 6 heteroatoms. The maximum atomic E-state index is 13.1. The number of nitrogens with zero attached hydrogens (tertiary/aromatic N) is 1. The summed E-state index contributed by atoms with van der Waals surface area (Å²) in [4.78, 5) is 13.7. The molecule has 1 N–H and O–H groups in total. The van der Waals surface area contributed by atoms with Crippen molar-refractivity contribution in [1.82, 2.24) is 4.90 Å². The van der Waals surface area contributed by atoms with Crippen LogP contribution < -0.4 is 4.74 Å². The molecule has 23 heavy (non-hydrogen) atoms. The number of carbonyl (C=O) groups excluding carboxylic acids is 1. The fourth-order valence-corrected chi connectivity index (χ4v) is 2.42. The maximum Gasteiger partial charge on any atom is 0.410 e. The summed E-state index contributed by atoms with van der Waals surface area (Å²) in [7, 11) is 0. The third-order valence-corrected chi connectivity index (χ3v) is 3.66. The molecule has 128 valence electrons. The number of phenolic OH excluding ortho intramolecular Hbond substituents is 1. The summed E-state index contributed by atoms with van der Waals surface area (Å²) in [6.45, 7) is 7.14. The first-order valence-corrected chi connectivity index (χ1v) is 7.84. The minimum Gasteiger partial charge on any atom is -0.504 e. The Morgan fingerprint density at radius 2 is 2.00 bits per heavy atom. The predicted molar refractivity (Wildman–Crippen MR) is 84.1 cm³/mol. The molecule has 1 aromatic carbocycles. The third kappa shape index (κ3) is 5.30. The average molecular weight is 325 g/mol. The molecular formula is C17H24FNO4. The summed E-state index contributed by atoms with van der Waals surface area (Å²) in [5.41, 5.74) is -0.494. The summed E-state index contributed by atoms with van der Waals surface area (Å²) in [5.74, 6) is -0.105. The van der Waals surface area contributed by atoms with Gasteiger partial charge in [0.05, 0.1) is 6.61 Å². The van der Waals surface area contributed by atoms with Gasteiger partial charge in [0.2, 0.25) is 0 Å². The number of phenols is 1. The normalized spacial score (nSPS) is 16.3. The summed E-state index contributed by atoms with van der Waals surface area (Å²) >= 11 is 0. The molecule has 0 bridgehead atoms. The van der Waals surface area contributed by atoms with E-state index in [1.54, 1.807) is 4.90 Å². The number of likely N-dealkylation sites (tertiary alicyclic amines) is 1. The van der Waals surface area contributed by atoms with Gasteiger partial charge in [-0.25, -0.2) is 9.18 Å². The molecule has 1 amide bonds. The first-order chi connectivity index (χ1) is 10.7. The van der Waals surface area contributed by atoms with Crippen molar-refractivity contribution >= 4 is 6.09 Å². The molecule has 0 spiro atoms. The number of aromatic hydroxyl groups is 1. The Kier molecular flexibility index (Phi) is 5.34. The number of ether oxygens (including phenoxy) is 2. The van der Waals surface area contributed by atoms with E-state index >= 15 is 0 Å². The van der Waals surface area contributed by atoms with Gasteiger partial charge < -0.3 is 19.5 Å². The highest BCUT2D eigenvalue weighted by molar-refractivity contribution is 5.68. The minimum absolute atomic E-state index is 0.0717. The van der Waals surface area contributed by atoms with Crippen LogP contribution in [0.25, 0.3) is 0 Å². The van der Waals surface area contributed by atoms with Crippen LogP contribution in [-0.2, 0) is 4.74 Å². The molecule has 0 aromatic heterocycles. The van der Waals surface area contributed by atoms with Gasteiger partial charge in [-0.1, -0.05) is 0 Å². The molecule has 2 rings (SSSR count). The van der Waals surface area contributed by atoms with Crippen molar-refractivity contribution in [3.05, 3.63) is 24.0 Å². The molecule has 5 nitrogen and oxygen atoms in total. The summed E-state index contributed by atoms with van der Waals surface area (Å²) in [5, 5.41) is 9.63. The zero-order valence-corrected chi connectivity index (χ0v) is 13.8. The first-order valence-electron chi connectivity index (χ1n) is 7.84. The maximum absolute atomic E-state index is 13.1. The molecular weight excluding hydrogens is 301 g/mol. The van der Waals surface area contributed by atoms with E-state index in [0.717, 1.165) is 12.8 Å². The van der Waals surface area contributed by atoms with Gasteiger partial charge in [0.1, 0.15) is 11.4 Å². The van der Waals surface area contributed by atoms with Gasteiger partial charge in [-0.05, 0) is 51.7 Å². The van der Waals surface area contributed by atoms with Gasteiger partial charge >= 0.3 is 6.09 Å². The Hall–Kier alpha value is -1.98. The number of carbonyl (C=O) groups is 1. The highest BCUT2D eigenvalue weighted by atomic mass is 19.1. The molecule has 0 unspecified atom stereocenters. The number of benzene rings is 1. The molecule has 0 radical (unpaired) electrons. The summed E-state index contributed by atoms with van der Waals surface area (Å²) < 4.78 is 24.0. The lowest BCUT2D eigenvalue weighted by Gasteiger charge is -2.33. The zero-order valence-electron chi connectivity index (χ0n) is 13.8. The Morgan fingerprint density at radius 1 is 1.35 bits per heavy atom. The van der Waals surface area contributed by atoms with E-state index in [9.17, 15) is 14.3 Å². The fourth-order valence-electron chi connectivity index (χ4n) is 2.42. The Balaban J connectivity index is 1.79. The third-order valence-electron chi connectivity index (χ3n) is 3.66. The lowest BCUT2D eigenvalue weighted by molar-refractivity contribution is 0.0164. The lowest BCUT2D eigenvalue weighted by Crippen LogP contribution is -2.42. The van der Waals surface area contributed by atoms with Crippen LogP contribution >= 0.6 is 0 Å². The number of hydrogen-bond acceptors (Lipinski definition) is 4. The number of rotatable bonds is 3. The van der Waals surface area contributed by atoms with Gasteiger partial charge in [0.25, 0.3) is 0 Å². The van der Waals surface area contributed by atoms with Crippen molar-refractivity contribution in [3.8, 4) is 11.5 Å². The van der Waals surface area contributed by atoms with E-state index in [1.807, 2.05) is 20.8 Å². The zero-order chi connectivity index (χ0) is 17.0. The van der Waals surface area contributed by atoms with E-state index in [2.05, 4.69) is 0 Å². The quantitative estimate of drug-likeness (QED) is 0.923. The van der Waals surface area contributed by atoms with Gasteiger partial charge in [-0.15, -0.1) is 0 Å². The molecule has 1 aliphatic heterocycles. The Bertz CT molecular complexity index is 548. The van der Waals surface area contributed by atoms with Crippen LogP contribution in [0.15, 0.2) is 18.2 Å². The standard InChI is InChI=1S/C17H24FNO4/c1-17(2,3)23-16(21)19-8-6-12(7-9-19)11-22-15-10-13(18)4-5-14(15)20/h4-5,10,12,20H,6-9,11H2,1-3H3. The number of piperidine rings is 1. The molecule has 0 atom stereocenters. The van der Waals surface area contributed by atoms with Crippen molar-refractivity contribution < 1.29 is 23.8 Å². The molecule has 1 fully saturated rings. The highest BCUT2D eigenvalue weighted by Gasteiger charge is 2.27. The predicted octanol–water partition coefficient (Wildman–Crippen LogP) is 3.56. The number of halogens is 1. The average Bonchev–Trinajstić information content (AvgIpc) is 2.47. The minimum atomic E-state index is -0.494. The smallest absolute Gasteiger partial charge is 0.410 e. The molecule has 1 aromatic rings. The van der Waals surface area contributed by atoms with E-state index in [0.29, 0.717) is 19.7 Å². The van der Waals surface area contributed by atoms with Crippen LogP contribution in [0.3, 0.4) is 0 Å². The Morgan fingerprint density at radius 3 is 2.61 bits per heavy atom. The molecule has 0 saturated carbocycles. The second-order valence-corrected chi connectivity index (χ2v) is 6.83. The van der Waals surface area contributed by atoms with Crippen LogP contribution in [0.5, 0.6) is 11.5 Å². The van der Waals surface area contributed by atoms with Crippen molar-refractivity contribution in [2.24, 2.45) is 5.92 Å². The number of amides is 1. The topological polar surface area (TPSA) is 59.0 Å². The van der Waals surface area contributed by atoms with E-state index < -0.39 is 11.4 Å². The first kappa shape index (κ1) is 17.4. The van der Waals surface area contributed by atoms with Crippen LogP contribution in [0.1, 0.15) is 33.6 Å². The second-order valence-electron chi connectivity index (χ2n) is 6.83. The van der Waals surface area contributed by atoms with Gasteiger partial charge in [-0.2, -0.15) is 0 Å². The molecule has 1 aliphatic rings. The fraction of sp³-hybridized carbons (Fsp3) is 0.588. The van der Waals surface area contributed by atoms with Gasteiger partial charge in [0, 0.05) is 19.2 Å². The van der Waals surface area contributed by atoms with Crippen molar-refractivity contribution in [3.63, 3.8) is 0 Å². The van der Waals surface area contributed by atoms with E-state index in [4.69, 9.17) is 9.47 Å². The molecule has 1 heterocycles. The van der Waals surface area contributed by atoms with Crippen LogP contribution in [0, 0.1) is 11.7 Å². The monoisotopic (exact) mass is 325 g/mol. The second kappa shape index (κ2) is 7.06. The van der Waals surface area contributed by atoms with Crippen molar-refractivity contribution in [1.29, 1.82) is 0 Å². The van der Waals surface area contributed by atoms with Crippen LogP contribution in [0.2, 0.25) is 0 Å². The molecule has 0 aliphatic carbocycles. The summed E-state index contributed by atoms with van der Waals surface area (Å²) in [6, 6.07) is 3.63. The SMILES string of the molecule is CC(C)(C)OC(=O)N1CCC(COc2cc(F)ccc2O)CC1. The summed E-state index contributed by atoms with van der Waals surface area (Å²) in [6.07, 6.45) is 1.28. The van der Waals surface area contributed by atoms with E-state index in [-0.39, 0.29) is 23.5 Å². The van der Waals surface area contributed by atoms with Crippen LogP contribution in [-0.4, -0.2) is 41.4 Å². The van der Waals surface area contributed by atoms with E-state index in [1.165, 1.54) is 18.2 Å². The van der Waals surface area contributed by atoms with Gasteiger partial charge in [-0.3, -0.25) is 0 Å². The lowest BCUT2D eigenvalue weighted by atomic mass is 9.98. The van der Waals surface area contributed by atoms with Crippen molar-refractivity contribution in [2.45, 2.75) is 39.2 Å². The van der Waals surface area contributed by atoms with Crippen molar-refractivity contribution in [2.75, 3.05) is 19.7 Å². The largest absolute Gasteiger partial charge is 0.504 e. The van der Waals surface area contributed by atoms with Gasteiger partial charge in [0.15, 0.2) is 11.5 Å². The Labute approximate surface area is 136 Å². The highest BCUT2D eigenvalue weighted by Crippen LogP contribution is 2.28. The number of hydrogen-bond donors (Lipinski definition) is 1.